The maximum Gasteiger partial charge on any atom is 0.239 e. The zero-order valence-corrected chi connectivity index (χ0v) is 12.1. The van der Waals surface area contributed by atoms with Gasteiger partial charge in [0, 0.05) is 39.8 Å². The van der Waals surface area contributed by atoms with Crippen molar-refractivity contribution in [1.29, 1.82) is 0 Å². The van der Waals surface area contributed by atoms with E-state index in [4.69, 9.17) is 0 Å². The molecule has 0 bridgehead atoms. The Morgan fingerprint density at radius 2 is 1.83 bits per heavy atom. The monoisotopic (exact) mass is 253 g/mol. The Morgan fingerprint density at radius 3 is 2.33 bits per heavy atom. The number of likely N-dealkylation sites (N-methyl/N-ethyl adjacent to an activating group) is 1. The highest BCUT2D eigenvalue weighted by Gasteiger charge is 2.35. The lowest BCUT2D eigenvalue weighted by Crippen LogP contribution is -2.52. The Kier molecular flexibility index (Phi) is 4.62. The fourth-order valence-electron chi connectivity index (χ4n) is 2.88. The van der Waals surface area contributed by atoms with Crippen LogP contribution in [0, 0.1) is 5.92 Å². The van der Waals surface area contributed by atoms with Crippen molar-refractivity contribution in [1.82, 2.24) is 14.7 Å². The van der Waals surface area contributed by atoms with Crippen molar-refractivity contribution in [2.75, 3.05) is 46.3 Å². The van der Waals surface area contributed by atoms with Crippen LogP contribution in [0.3, 0.4) is 0 Å². The van der Waals surface area contributed by atoms with Gasteiger partial charge in [-0.2, -0.15) is 0 Å². The normalized spacial score (nSPS) is 27.4. The second kappa shape index (κ2) is 6.02. The molecule has 2 heterocycles. The standard InChI is InChI=1S/C14H27N3O/c1-12(2)4-7-16-8-10-17(11-9-16)13-5-6-15(3)14(13)18/h12-13H,4-11H2,1-3H3. The third-order valence-electron chi connectivity index (χ3n) is 4.27. The third kappa shape index (κ3) is 3.23. The number of amides is 1. The van der Waals surface area contributed by atoms with Gasteiger partial charge < -0.3 is 9.80 Å². The molecular formula is C14H27N3O. The summed E-state index contributed by atoms with van der Waals surface area (Å²) in [5, 5.41) is 0. The zero-order chi connectivity index (χ0) is 13.1. The molecule has 2 aliphatic heterocycles. The van der Waals surface area contributed by atoms with Gasteiger partial charge in [-0.05, 0) is 25.3 Å². The van der Waals surface area contributed by atoms with Gasteiger partial charge in [-0.3, -0.25) is 9.69 Å². The molecule has 0 aromatic rings. The highest BCUT2D eigenvalue weighted by molar-refractivity contribution is 5.83. The van der Waals surface area contributed by atoms with Crippen LogP contribution in [0.4, 0.5) is 0 Å². The molecule has 0 saturated carbocycles. The topological polar surface area (TPSA) is 26.8 Å². The first-order valence-corrected chi connectivity index (χ1v) is 7.29. The summed E-state index contributed by atoms with van der Waals surface area (Å²) >= 11 is 0. The van der Waals surface area contributed by atoms with Gasteiger partial charge in [0.2, 0.25) is 5.91 Å². The molecule has 1 unspecified atom stereocenters. The largest absolute Gasteiger partial charge is 0.344 e. The highest BCUT2D eigenvalue weighted by Crippen LogP contribution is 2.17. The van der Waals surface area contributed by atoms with E-state index in [0.717, 1.165) is 45.1 Å². The van der Waals surface area contributed by atoms with E-state index in [1.807, 2.05) is 11.9 Å². The van der Waals surface area contributed by atoms with Gasteiger partial charge in [0.05, 0.1) is 6.04 Å². The Bertz CT molecular complexity index is 285. The lowest BCUT2D eigenvalue weighted by atomic mass is 10.1. The van der Waals surface area contributed by atoms with Crippen LogP contribution in [0.2, 0.25) is 0 Å². The van der Waals surface area contributed by atoms with Gasteiger partial charge in [0.15, 0.2) is 0 Å². The predicted molar refractivity (Wildman–Crippen MR) is 73.5 cm³/mol. The maximum atomic E-state index is 12.0. The molecule has 2 fully saturated rings. The second-order valence-corrected chi connectivity index (χ2v) is 6.12. The fourth-order valence-corrected chi connectivity index (χ4v) is 2.88. The Morgan fingerprint density at radius 1 is 1.17 bits per heavy atom. The summed E-state index contributed by atoms with van der Waals surface area (Å²) in [5.41, 5.74) is 0. The Labute approximate surface area is 111 Å². The van der Waals surface area contributed by atoms with E-state index in [1.54, 1.807) is 0 Å². The summed E-state index contributed by atoms with van der Waals surface area (Å²) in [6.45, 7) is 11.1. The van der Waals surface area contributed by atoms with E-state index in [-0.39, 0.29) is 6.04 Å². The van der Waals surface area contributed by atoms with E-state index in [0.29, 0.717) is 5.91 Å². The number of hydrogen-bond acceptors (Lipinski definition) is 3. The number of rotatable bonds is 4. The van der Waals surface area contributed by atoms with Crippen molar-refractivity contribution >= 4 is 5.91 Å². The zero-order valence-electron chi connectivity index (χ0n) is 12.1. The summed E-state index contributed by atoms with van der Waals surface area (Å²) in [6.07, 6.45) is 2.30. The third-order valence-corrected chi connectivity index (χ3v) is 4.27. The van der Waals surface area contributed by atoms with Crippen LogP contribution in [0.5, 0.6) is 0 Å². The summed E-state index contributed by atoms with van der Waals surface area (Å²) in [4.78, 5) is 18.8. The summed E-state index contributed by atoms with van der Waals surface area (Å²) < 4.78 is 0. The minimum absolute atomic E-state index is 0.169. The molecule has 104 valence electrons. The molecule has 4 heteroatoms. The van der Waals surface area contributed by atoms with Crippen LogP contribution in [0.15, 0.2) is 0 Å². The van der Waals surface area contributed by atoms with Crippen LogP contribution < -0.4 is 0 Å². The van der Waals surface area contributed by atoms with E-state index in [1.165, 1.54) is 13.0 Å². The molecule has 2 saturated heterocycles. The number of likely N-dealkylation sites (tertiary alicyclic amines) is 1. The Hall–Kier alpha value is -0.610. The van der Waals surface area contributed by atoms with Gasteiger partial charge in [-0.15, -0.1) is 0 Å². The first kappa shape index (κ1) is 13.8. The highest BCUT2D eigenvalue weighted by atomic mass is 16.2. The quantitative estimate of drug-likeness (QED) is 0.744. The van der Waals surface area contributed by atoms with Gasteiger partial charge in [-0.1, -0.05) is 13.8 Å². The van der Waals surface area contributed by atoms with Gasteiger partial charge in [0.1, 0.15) is 0 Å². The van der Waals surface area contributed by atoms with Crippen molar-refractivity contribution in [2.45, 2.75) is 32.7 Å². The molecule has 0 radical (unpaired) electrons. The number of carbonyl (C=O) groups is 1. The average Bonchev–Trinajstić information content (AvgIpc) is 2.68. The van der Waals surface area contributed by atoms with E-state index >= 15 is 0 Å². The molecule has 4 nitrogen and oxygen atoms in total. The van der Waals surface area contributed by atoms with Crippen molar-refractivity contribution in [3.63, 3.8) is 0 Å². The number of carbonyl (C=O) groups excluding carboxylic acids is 1. The lowest BCUT2D eigenvalue weighted by Gasteiger charge is -2.37. The van der Waals surface area contributed by atoms with E-state index in [2.05, 4.69) is 23.6 Å². The summed E-state index contributed by atoms with van der Waals surface area (Å²) in [6, 6.07) is 0.169. The maximum absolute atomic E-state index is 12.0. The molecule has 0 aromatic carbocycles. The number of hydrogen-bond donors (Lipinski definition) is 0. The van der Waals surface area contributed by atoms with Crippen LogP contribution in [0.1, 0.15) is 26.7 Å². The van der Waals surface area contributed by atoms with Crippen LogP contribution in [-0.2, 0) is 4.79 Å². The van der Waals surface area contributed by atoms with Gasteiger partial charge >= 0.3 is 0 Å². The molecule has 18 heavy (non-hydrogen) atoms. The Balaban J connectivity index is 1.75. The fraction of sp³-hybridized carbons (Fsp3) is 0.929. The van der Waals surface area contributed by atoms with Crippen molar-refractivity contribution < 1.29 is 4.79 Å². The van der Waals surface area contributed by atoms with E-state index in [9.17, 15) is 4.79 Å². The van der Waals surface area contributed by atoms with Crippen molar-refractivity contribution in [2.24, 2.45) is 5.92 Å². The van der Waals surface area contributed by atoms with Crippen LogP contribution >= 0.6 is 0 Å². The molecule has 2 aliphatic rings. The minimum atomic E-state index is 0.169. The molecule has 0 N–H and O–H groups in total. The summed E-state index contributed by atoms with van der Waals surface area (Å²) in [5.74, 6) is 1.11. The molecule has 1 amide bonds. The molecule has 1 atom stereocenters. The average molecular weight is 253 g/mol. The van der Waals surface area contributed by atoms with Crippen molar-refractivity contribution in [3.8, 4) is 0 Å². The minimum Gasteiger partial charge on any atom is -0.344 e. The predicted octanol–water partition coefficient (Wildman–Crippen LogP) is 0.881. The van der Waals surface area contributed by atoms with Gasteiger partial charge in [-0.25, -0.2) is 0 Å². The molecule has 0 aromatic heterocycles. The first-order chi connectivity index (χ1) is 8.58. The smallest absolute Gasteiger partial charge is 0.239 e. The van der Waals surface area contributed by atoms with Crippen LogP contribution in [-0.4, -0.2) is 73.0 Å². The number of nitrogens with zero attached hydrogens (tertiary/aromatic N) is 3. The molecule has 0 aliphatic carbocycles. The lowest BCUT2D eigenvalue weighted by molar-refractivity contribution is -0.131. The second-order valence-electron chi connectivity index (χ2n) is 6.12. The van der Waals surface area contributed by atoms with Crippen molar-refractivity contribution in [3.05, 3.63) is 0 Å². The summed E-state index contributed by atoms with van der Waals surface area (Å²) in [7, 11) is 1.92. The van der Waals surface area contributed by atoms with E-state index < -0.39 is 0 Å². The molecular weight excluding hydrogens is 226 g/mol. The first-order valence-electron chi connectivity index (χ1n) is 7.29. The molecule has 0 spiro atoms. The number of piperazine rings is 1. The van der Waals surface area contributed by atoms with Crippen LogP contribution in [0.25, 0.3) is 0 Å². The SMILES string of the molecule is CC(C)CCN1CCN(C2CCN(C)C2=O)CC1. The molecule has 2 rings (SSSR count). The van der Waals surface area contributed by atoms with Gasteiger partial charge in [0.25, 0.3) is 0 Å².